The Kier molecular flexibility index (Phi) is 4.60. The Morgan fingerprint density at radius 3 is 2.53 bits per heavy atom. The van der Waals surface area contributed by atoms with Gasteiger partial charge in [0.15, 0.2) is 0 Å². The monoisotopic (exact) mass is 321 g/mol. The van der Waals surface area contributed by atoms with Crippen LogP contribution in [0.5, 0.6) is 0 Å². The molecule has 1 aromatic heterocycles. The maximum Gasteiger partial charge on any atom is 0.244 e. The van der Waals surface area contributed by atoms with Crippen molar-refractivity contribution in [1.29, 1.82) is 0 Å². The van der Waals surface area contributed by atoms with Gasteiger partial charge < -0.3 is 0 Å². The van der Waals surface area contributed by atoms with Crippen molar-refractivity contribution in [2.75, 3.05) is 6.54 Å². The van der Waals surface area contributed by atoms with E-state index in [0.717, 1.165) is 22.6 Å². The highest BCUT2D eigenvalue weighted by Gasteiger charge is 2.39. The molecule has 0 radical (unpaired) electrons. The van der Waals surface area contributed by atoms with Gasteiger partial charge in [-0.3, -0.25) is 0 Å². The third-order valence-corrected chi connectivity index (χ3v) is 6.81. The van der Waals surface area contributed by atoms with Gasteiger partial charge in [0.05, 0.1) is 10.8 Å². The van der Waals surface area contributed by atoms with Crippen molar-refractivity contribution >= 4 is 33.0 Å². The molecule has 1 aromatic rings. The van der Waals surface area contributed by atoms with Gasteiger partial charge >= 0.3 is 0 Å². The van der Waals surface area contributed by atoms with Crippen LogP contribution in [0.3, 0.4) is 0 Å². The van der Waals surface area contributed by atoms with E-state index in [1.807, 2.05) is 6.92 Å². The van der Waals surface area contributed by atoms with E-state index in [0.29, 0.717) is 23.2 Å². The molecule has 0 saturated heterocycles. The lowest BCUT2D eigenvalue weighted by atomic mass is 10.2. The summed E-state index contributed by atoms with van der Waals surface area (Å²) in [6, 6.07) is 1.93. The summed E-state index contributed by atoms with van der Waals surface area (Å²) in [4.78, 5) is 2.20. The Bertz CT molecular complexity index is 547. The van der Waals surface area contributed by atoms with Crippen LogP contribution in [0.1, 0.15) is 36.4 Å². The van der Waals surface area contributed by atoms with E-state index in [-0.39, 0.29) is 6.04 Å². The molecule has 1 saturated carbocycles. The Balaban J connectivity index is 2.35. The number of rotatable bonds is 6. The first-order chi connectivity index (χ1) is 8.86. The van der Waals surface area contributed by atoms with Crippen LogP contribution in [-0.2, 0) is 15.9 Å². The number of halogens is 1. The van der Waals surface area contributed by atoms with Crippen LogP contribution in [0.25, 0.3) is 0 Å². The largest absolute Gasteiger partial charge is 0.244 e. The second-order valence-corrected chi connectivity index (χ2v) is 8.93. The van der Waals surface area contributed by atoms with E-state index in [9.17, 15) is 8.42 Å². The smallest absolute Gasteiger partial charge is 0.207 e. The highest BCUT2D eigenvalue weighted by molar-refractivity contribution is 7.89. The predicted octanol–water partition coefficient (Wildman–Crippen LogP) is 3.60. The first-order valence-corrected chi connectivity index (χ1v) is 9.32. The van der Waals surface area contributed by atoms with Crippen molar-refractivity contribution in [2.45, 2.75) is 50.4 Å². The Hall–Kier alpha value is -0.100. The number of alkyl halides is 1. The third kappa shape index (κ3) is 3.32. The normalized spacial score (nSPS) is 16.5. The average Bonchev–Trinajstić information content (AvgIpc) is 3.08. The van der Waals surface area contributed by atoms with Crippen LogP contribution in [0, 0.1) is 12.8 Å². The second kappa shape index (κ2) is 5.72. The van der Waals surface area contributed by atoms with E-state index in [2.05, 4.69) is 13.8 Å². The quantitative estimate of drug-likeness (QED) is 0.751. The molecule has 0 bridgehead atoms. The summed E-state index contributed by atoms with van der Waals surface area (Å²) in [6.45, 7) is 6.55. The molecular weight excluding hydrogens is 302 g/mol. The van der Waals surface area contributed by atoms with Crippen LogP contribution < -0.4 is 0 Å². The molecule has 6 heteroatoms. The predicted molar refractivity (Wildman–Crippen MR) is 80.4 cm³/mol. The van der Waals surface area contributed by atoms with Gasteiger partial charge in [0, 0.05) is 22.3 Å². The van der Waals surface area contributed by atoms with Crippen molar-refractivity contribution < 1.29 is 8.42 Å². The Morgan fingerprint density at radius 1 is 1.47 bits per heavy atom. The number of sulfonamides is 1. The van der Waals surface area contributed by atoms with Crippen molar-refractivity contribution in [3.8, 4) is 0 Å². The molecule has 0 N–H and O–H groups in total. The van der Waals surface area contributed by atoms with Gasteiger partial charge in [-0.25, -0.2) is 8.42 Å². The lowest BCUT2D eigenvalue weighted by molar-refractivity contribution is 0.360. The van der Waals surface area contributed by atoms with E-state index in [1.165, 1.54) is 11.3 Å². The molecule has 19 heavy (non-hydrogen) atoms. The van der Waals surface area contributed by atoms with E-state index in [4.69, 9.17) is 11.6 Å². The van der Waals surface area contributed by atoms with Crippen LogP contribution in [0.15, 0.2) is 11.0 Å². The summed E-state index contributed by atoms with van der Waals surface area (Å²) in [6.07, 6.45) is 1.97. The highest BCUT2D eigenvalue weighted by Crippen LogP contribution is 2.36. The lowest BCUT2D eigenvalue weighted by Crippen LogP contribution is -2.36. The molecule has 2 rings (SSSR count). The van der Waals surface area contributed by atoms with Crippen molar-refractivity contribution in [1.82, 2.24) is 4.31 Å². The van der Waals surface area contributed by atoms with E-state index < -0.39 is 10.0 Å². The topological polar surface area (TPSA) is 37.4 Å². The first kappa shape index (κ1) is 15.3. The van der Waals surface area contributed by atoms with Gasteiger partial charge in [-0.05, 0) is 31.7 Å². The molecule has 1 aliphatic rings. The molecule has 1 heterocycles. The summed E-state index contributed by atoms with van der Waals surface area (Å²) < 4.78 is 27.3. The molecule has 0 aromatic carbocycles. The minimum Gasteiger partial charge on any atom is -0.207 e. The van der Waals surface area contributed by atoms with Crippen LogP contribution >= 0.6 is 22.9 Å². The number of nitrogens with zero attached hydrogens (tertiary/aromatic N) is 1. The second-order valence-electron chi connectivity index (χ2n) is 5.47. The van der Waals surface area contributed by atoms with Gasteiger partial charge in [0.1, 0.15) is 0 Å². The molecule has 108 valence electrons. The number of aryl methyl sites for hydroxylation is 1. The molecular formula is C13H20ClNO2S2. The van der Waals surface area contributed by atoms with Gasteiger partial charge in [-0.1, -0.05) is 13.8 Å². The molecule has 0 spiro atoms. The molecule has 0 unspecified atom stereocenters. The van der Waals surface area contributed by atoms with Crippen molar-refractivity contribution in [2.24, 2.45) is 5.92 Å². The first-order valence-electron chi connectivity index (χ1n) is 6.53. The maximum atomic E-state index is 12.8. The fourth-order valence-electron chi connectivity index (χ4n) is 2.14. The molecule has 0 atom stereocenters. The number of thiophene rings is 1. The average molecular weight is 322 g/mol. The number of hydrogen-bond donors (Lipinski definition) is 0. The Morgan fingerprint density at radius 2 is 2.11 bits per heavy atom. The molecule has 0 amide bonds. The number of hydrogen-bond acceptors (Lipinski definition) is 3. The summed E-state index contributed by atoms with van der Waals surface area (Å²) in [7, 11) is -3.37. The Labute approximate surface area is 124 Å². The maximum absolute atomic E-state index is 12.8. The SMILES string of the molecule is Cc1sc(CCl)cc1S(=O)(=O)N(CC(C)C)C1CC1. The molecule has 1 aliphatic carbocycles. The lowest BCUT2D eigenvalue weighted by Gasteiger charge is -2.23. The zero-order valence-electron chi connectivity index (χ0n) is 11.5. The van der Waals surface area contributed by atoms with Crippen molar-refractivity contribution in [3.63, 3.8) is 0 Å². The molecule has 1 fully saturated rings. The van der Waals surface area contributed by atoms with Gasteiger partial charge in [-0.2, -0.15) is 4.31 Å². The van der Waals surface area contributed by atoms with E-state index >= 15 is 0 Å². The van der Waals surface area contributed by atoms with Crippen LogP contribution in [-0.4, -0.2) is 25.3 Å². The summed E-state index contributed by atoms with van der Waals surface area (Å²) in [5, 5.41) is 0. The zero-order valence-corrected chi connectivity index (χ0v) is 13.9. The fourth-order valence-corrected chi connectivity index (χ4v) is 5.68. The molecule has 3 nitrogen and oxygen atoms in total. The summed E-state index contributed by atoms with van der Waals surface area (Å²) >= 11 is 7.27. The van der Waals surface area contributed by atoms with Crippen LogP contribution in [0.4, 0.5) is 0 Å². The van der Waals surface area contributed by atoms with Gasteiger partial charge in [0.25, 0.3) is 0 Å². The van der Waals surface area contributed by atoms with Crippen molar-refractivity contribution in [3.05, 3.63) is 15.8 Å². The molecule has 0 aliphatic heterocycles. The highest BCUT2D eigenvalue weighted by atomic mass is 35.5. The summed E-state index contributed by atoms with van der Waals surface area (Å²) in [5.41, 5.74) is 0. The fraction of sp³-hybridized carbons (Fsp3) is 0.692. The minimum atomic E-state index is -3.37. The summed E-state index contributed by atoms with van der Waals surface area (Å²) in [5.74, 6) is 0.705. The zero-order chi connectivity index (χ0) is 14.2. The third-order valence-electron chi connectivity index (χ3n) is 3.14. The standard InChI is InChI=1S/C13H20ClNO2S2/c1-9(2)8-15(11-4-5-11)19(16,17)13-6-12(7-14)18-10(13)3/h6,9,11H,4-5,7-8H2,1-3H3. The van der Waals surface area contributed by atoms with Crippen LogP contribution in [0.2, 0.25) is 0 Å². The van der Waals surface area contributed by atoms with E-state index in [1.54, 1.807) is 10.4 Å². The van der Waals surface area contributed by atoms with Gasteiger partial charge in [-0.15, -0.1) is 22.9 Å². The van der Waals surface area contributed by atoms with Gasteiger partial charge in [0.2, 0.25) is 10.0 Å². The minimum absolute atomic E-state index is 0.200.